The minimum absolute atomic E-state index is 0.129. The van der Waals surface area contributed by atoms with Crippen molar-refractivity contribution in [2.75, 3.05) is 13.2 Å². The molecule has 0 radical (unpaired) electrons. The molecule has 2 aromatic carbocycles. The molecule has 0 spiro atoms. The molecule has 1 atom stereocenters. The summed E-state index contributed by atoms with van der Waals surface area (Å²) in [6, 6.07) is 12.8. The predicted octanol–water partition coefficient (Wildman–Crippen LogP) is 2.67. The van der Waals surface area contributed by atoms with Crippen LogP contribution in [0.5, 0.6) is 5.75 Å². The number of carbonyl (C=O) groups excluding carboxylic acids is 1. The first-order chi connectivity index (χ1) is 11.1. The van der Waals surface area contributed by atoms with Gasteiger partial charge in [-0.05, 0) is 41.0 Å². The zero-order valence-electron chi connectivity index (χ0n) is 12.6. The highest BCUT2D eigenvalue weighted by atomic mass is 35.5. The summed E-state index contributed by atoms with van der Waals surface area (Å²) in [7, 11) is 0. The first-order valence-corrected chi connectivity index (χ1v) is 7.94. The number of rotatable bonds is 5. The van der Waals surface area contributed by atoms with Crippen molar-refractivity contribution in [3.8, 4) is 5.75 Å². The second-order valence-corrected chi connectivity index (χ2v) is 6.03. The van der Waals surface area contributed by atoms with E-state index in [0.717, 1.165) is 28.9 Å². The van der Waals surface area contributed by atoms with Crippen LogP contribution in [0.25, 0.3) is 0 Å². The molecule has 1 amide bonds. The van der Waals surface area contributed by atoms with Gasteiger partial charge in [-0.3, -0.25) is 4.79 Å². The van der Waals surface area contributed by atoms with Crippen molar-refractivity contribution in [3.05, 3.63) is 64.2 Å². The van der Waals surface area contributed by atoms with Crippen molar-refractivity contribution in [2.24, 2.45) is 0 Å². The smallest absolute Gasteiger partial charge is 0.224 e. The molecule has 0 aromatic heterocycles. The van der Waals surface area contributed by atoms with E-state index in [9.17, 15) is 9.90 Å². The monoisotopic (exact) mass is 331 g/mol. The lowest BCUT2D eigenvalue weighted by molar-refractivity contribution is -0.120. The summed E-state index contributed by atoms with van der Waals surface area (Å²) in [6.45, 7) is 0.874. The fraction of sp³-hybridized carbons (Fsp3) is 0.278. The number of aliphatic hydroxyl groups excluding tert-OH is 1. The first-order valence-electron chi connectivity index (χ1n) is 7.56. The molecule has 0 bridgehead atoms. The summed E-state index contributed by atoms with van der Waals surface area (Å²) < 4.78 is 5.45. The van der Waals surface area contributed by atoms with Gasteiger partial charge in [0, 0.05) is 18.0 Å². The van der Waals surface area contributed by atoms with Gasteiger partial charge in [0.2, 0.25) is 5.91 Å². The van der Waals surface area contributed by atoms with E-state index in [-0.39, 0.29) is 18.9 Å². The highest BCUT2D eigenvalue weighted by Crippen LogP contribution is 2.28. The van der Waals surface area contributed by atoms with Crippen molar-refractivity contribution in [2.45, 2.75) is 18.9 Å². The summed E-state index contributed by atoms with van der Waals surface area (Å²) >= 11 is 5.82. The standard InChI is InChI=1S/C18H18ClNO3/c19-15-4-1-12(2-5-15)9-18(22)20-11-16(21)13-3-6-17-14(10-13)7-8-23-17/h1-6,10,16,21H,7-9,11H2,(H,20,22). The molecule has 0 saturated carbocycles. The molecule has 1 aliphatic heterocycles. The van der Waals surface area contributed by atoms with E-state index in [4.69, 9.17) is 16.3 Å². The molecule has 120 valence electrons. The van der Waals surface area contributed by atoms with Crippen LogP contribution in [0, 0.1) is 0 Å². The van der Waals surface area contributed by atoms with Gasteiger partial charge in [0.15, 0.2) is 0 Å². The van der Waals surface area contributed by atoms with Crippen LogP contribution in [0.2, 0.25) is 5.02 Å². The Balaban J connectivity index is 1.53. The first kappa shape index (κ1) is 15.8. The van der Waals surface area contributed by atoms with E-state index in [1.54, 1.807) is 12.1 Å². The number of halogens is 1. The minimum Gasteiger partial charge on any atom is -0.493 e. The van der Waals surface area contributed by atoms with Gasteiger partial charge in [-0.1, -0.05) is 29.8 Å². The highest BCUT2D eigenvalue weighted by Gasteiger charge is 2.16. The number of benzene rings is 2. The molecule has 23 heavy (non-hydrogen) atoms. The third-order valence-electron chi connectivity index (χ3n) is 3.87. The average Bonchev–Trinajstić information content (AvgIpc) is 3.02. The molecular weight excluding hydrogens is 314 g/mol. The van der Waals surface area contributed by atoms with Gasteiger partial charge >= 0.3 is 0 Å². The van der Waals surface area contributed by atoms with Crippen molar-refractivity contribution < 1.29 is 14.6 Å². The molecular formula is C18H18ClNO3. The average molecular weight is 332 g/mol. The van der Waals surface area contributed by atoms with Crippen LogP contribution in [0.3, 0.4) is 0 Å². The number of hydrogen-bond acceptors (Lipinski definition) is 3. The number of amides is 1. The molecule has 0 fully saturated rings. The zero-order valence-corrected chi connectivity index (χ0v) is 13.3. The Morgan fingerprint density at radius 2 is 2.04 bits per heavy atom. The maximum Gasteiger partial charge on any atom is 0.224 e. The summed E-state index contributed by atoms with van der Waals surface area (Å²) in [5, 5.41) is 13.6. The van der Waals surface area contributed by atoms with Crippen LogP contribution < -0.4 is 10.1 Å². The molecule has 2 aromatic rings. The fourth-order valence-corrected chi connectivity index (χ4v) is 2.72. The van der Waals surface area contributed by atoms with Gasteiger partial charge < -0.3 is 15.2 Å². The largest absolute Gasteiger partial charge is 0.493 e. The quantitative estimate of drug-likeness (QED) is 0.885. The van der Waals surface area contributed by atoms with Crippen LogP contribution in [-0.4, -0.2) is 24.2 Å². The molecule has 1 heterocycles. The van der Waals surface area contributed by atoms with Crippen LogP contribution in [0.15, 0.2) is 42.5 Å². The van der Waals surface area contributed by atoms with Crippen molar-refractivity contribution in [3.63, 3.8) is 0 Å². The number of fused-ring (bicyclic) bond motifs is 1. The van der Waals surface area contributed by atoms with E-state index < -0.39 is 6.10 Å². The van der Waals surface area contributed by atoms with Gasteiger partial charge in [-0.25, -0.2) is 0 Å². The normalized spacial score (nSPS) is 14.0. The lowest BCUT2D eigenvalue weighted by atomic mass is 10.0. The van der Waals surface area contributed by atoms with Crippen LogP contribution in [0.1, 0.15) is 22.8 Å². The Labute approximate surface area is 140 Å². The van der Waals surface area contributed by atoms with Gasteiger partial charge in [-0.2, -0.15) is 0 Å². The lowest BCUT2D eigenvalue weighted by Crippen LogP contribution is -2.29. The second kappa shape index (κ2) is 7.02. The number of ether oxygens (including phenoxy) is 1. The van der Waals surface area contributed by atoms with Crippen molar-refractivity contribution in [1.82, 2.24) is 5.32 Å². The lowest BCUT2D eigenvalue weighted by Gasteiger charge is -2.13. The fourth-order valence-electron chi connectivity index (χ4n) is 2.59. The van der Waals surface area contributed by atoms with Crippen molar-refractivity contribution in [1.29, 1.82) is 0 Å². The molecule has 5 heteroatoms. The summed E-state index contributed by atoms with van der Waals surface area (Å²) in [6.07, 6.45) is 0.399. The Kier molecular flexibility index (Phi) is 4.84. The van der Waals surface area contributed by atoms with E-state index in [1.165, 1.54) is 0 Å². The summed E-state index contributed by atoms with van der Waals surface area (Å²) in [5.74, 6) is 0.753. The Bertz CT molecular complexity index is 700. The third kappa shape index (κ3) is 4.03. The number of carbonyl (C=O) groups is 1. The van der Waals surface area contributed by atoms with Gasteiger partial charge in [0.05, 0.1) is 19.1 Å². The summed E-state index contributed by atoms with van der Waals surface area (Å²) in [4.78, 5) is 11.9. The van der Waals surface area contributed by atoms with E-state index in [2.05, 4.69) is 5.32 Å². The molecule has 1 unspecified atom stereocenters. The van der Waals surface area contributed by atoms with Crippen molar-refractivity contribution >= 4 is 17.5 Å². The Morgan fingerprint density at radius 1 is 1.26 bits per heavy atom. The molecule has 2 N–H and O–H groups in total. The van der Waals surface area contributed by atoms with E-state index in [0.29, 0.717) is 11.6 Å². The maximum atomic E-state index is 11.9. The van der Waals surface area contributed by atoms with Crippen LogP contribution >= 0.6 is 11.6 Å². The number of nitrogens with one attached hydrogen (secondary N) is 1. The Hall–Kier alpha value is -2.04. The van der Waals surface area contributed by atoms with Gasteiger partial charge in [-0.15, -0.1) is 0 Å². The zero-order chi connectivity index (χ0) is 16.2. The predicted molar refractivity (Wildman–Crippen MR) is 88.8 cm³/mol. The molecule has 3 rings (SSSR count). The molecule has 4 nitrogen and oxygen atoms in total. The third-order valence-corrected chi connectivity index (χ3v) is 4.12. The molecule has 0 saturated heterocycles. The molecule has 1 aliphatic rings. The van der Waals surface area contributed by atoms with E-state index >= 15 is 0 Å². The topological polar surface area (TPSA) is 58.6 Å². The number of aliphatic hydroxyl groups is 1. The SMILES string of the molecule is O=C(Cc1ccc(Cl)cc1)NCC(O)c1ccc2c(c1)CCO2. The van der Waals surface area contributed by atoms with Gasteiger partial charge in [0.1, 0.15) is 5.75 Å². The van der Waals surface area contributed by atoms with Crippen LogP contribution in [0.4, 0.5) is 0 Å². The van der Waals surface area contributed by atoms with E-state index in [1.807, 2.05) is 30.3 Å². The highest BCUT2D eigenvalue weighted by molar-refractivity contribution is 6.30. The van der Waals surface area contributed by atoms with Gasteiger partial charge in [0.25, 0.3) is 0 Å². The number of hydrogen-bond donors (Lipinski definition) is 2. The second-order valence-electron chi connectivity index (χ2n) is 5.59. The maximum absolute atomic E-state index is 11.9. The summed E-state index contributed by atoms with van der Waals surface area (Å²) in [5.41, 5.74) is 2.78. The van der Waals surface area contributed by atoms with Crippen LogP contribution in [-0.2, 0) is 17.6 Å². The Morgan fingerprint density at radius 3 is 2.83 bits per heavy atom. The minimum atomic E-state index is -0.727. The molecule has 0 aliphatic carbocycles.